The van der Waals surface area contributed by atoms with Gasteiger partial charge in [0, 0.05) is 41.3 Å². The molecule has 1 aromatic rings. The first kappa shape index (κ1) is 13.4. The Morgan fingerprint density at radius 3 is 2.44 bits per heavy atom. The van der Waals surface area contributed by atoms with Crippen LogP contribution in [0.25, 0.3) is 0 Å². The summed E-state index contributed by atoms with van der Waals surface area (Å²) in [6.07, 6.45) is 1.74. The van der Waals surface area contributed by atoms with Crippen LogP contribution in [0.3, 0.4) is 0 Å². The van der Waals surface area contributed by atoms with E-state index < -0.39 is 10.8 Å². The molecule has 1 atom stereocenters. The fourth-order valence-corrected chi connectivity index (χ4v) is 2.04. The van der Waals surface area contributed by atoms with Gasteiger partial charge in [-0.15, -0.1) is 0 Å². The molecule has 0 aliphatic rings. The van der Waals surface area contributed by atoms with Gasteiger partial charge in [0.05, 0.1) is 0 Å². The minimum atomic E-state index is -0.701. The first-order valence-corrected chi connectivity index (χ1v) is 7.31. The Kier molecular flexibility index (Phi) is 5.16. The third-order valence-electron chi connectivity index (χ3n) is 2.69. The highest BCUT2D eigenvalue weighted by atomic mass is 32.2. The van der Waals surface area contributed by atoms with Crippen LogP contribution in [0.5, 0.6) is 0 Å². The van der Waals surface area contributed by atoms with Crippen LogP contribution >= 0.6 is 0 Å². The maximum absolute atomic E-state index is 10.9. The molecule has 0 saturated carbocycles. The summed E-state index contributed by atoms with van der Waals surface area (Å²) >= 11 is 0. The Labute approximate surface area is 101 Å². The molecule has 0 aliphatic heterocycles. The van der Waals surface area contributed by atoms with Crippen LogP contribution in [-0.2, 0) is 16.2 Å². The van der Waals surface area contributed by atoms with E-state index in [-0.39, 0.29) is 5.41 Å². The monoisotopic (exact) mass is 239 g/mol. The smallest absolute Gasteiger partial charge is 0.0357 e. The Morgan fingerprint density at radius 1 is 1.25 bits per heavy atom. The second-order valence-electron chi connectivity index (χ2n) is 4.70. The van der Waals surface area contributed by atoms with Crippen molar-refractivity contribution < 1.29 is 4.21 Å². The van der Waals surface area contributed by atoms with E-state index in [9.17, 15) is 4.21 Å². The summed E-state index contributed by atoms with van der Waals surface area (Å²) in [4.78, 5) is 0. The van der Waals surface area contributed by atoms with Crippen molar-refractivity contribution in [2.75, 3.05) is 25.1 Å². The third kappa shape index (κ3) is 4.45. The minimum Gasteiger partial charge on any atom is -0.315 e. The topological polar surface area (TPSA) is 29.1 Å². The van der Waals surface area contributed by atoms with Gasteiger partial charge in [0.15, 0.2) is 0 Å². The van der Waals surface area contributed by atoms with E-state index in [1.807, 2.05) is 6.07 Å². The van der Waals surface area contributed by atoms with E-state index in [1.165, 1.54) is 5.56 Å². The highest BCUT2D eigenvalue weighted by Crippen LogP contribution is 2.21. The average Bonchev–Trinajstić information content (AvgIpc) is 2.26. The molecule has 0 bridgehead atoms. The maximum atomic E-state index is 10.9. The normalized spacial score (nSPS) is 13.7. The van der Waals surface area contributed by atoms with Crippen molar-refractivity contribution in [3.8, 4) is 0 Å². The molecule has 0 amide bonds. The van der Waals surface area contributed by atoms with Crippen molar-refractivity contribution >= 4 is 10.8 Å². The Bertz CT molecular complexity index is 335. The summed E-state index contributed by atoms with van der Waals surface area (Å²) < 4.78 is 10.9. The van der Waals surface area contributed by atoms with E-state index in [1.54, 1.807) is 6.26 Å². The molecule has 1 rings (SSSR count). The lowest BCUT2D eigenvalue weighted by molar-refractivity contribution is 0.478. The number of nitrogens with one attached hydrogen (secondary N) is 1. The van der Waals surface area contributed by atoms with Gasteiger partial charge in [0.25, 0.3) is 0 Å². The highest BCUT2D eigenvalue weighted by molar-refractivity contribution is 7.84. The molecule has 0 radical (unpaired) electrons. The molecule has 16 heavy (non-hydrogen) atoms. The van der Waals surface area contributed by atoms with E-state index in [4.69, 9.17) is 0 Å². The number of benzene rings is 1. The van der Waals surface area contributed by atoms with Gasteiger partial charge < -0.3 is 5.32 Å². The first-order valence-electron chi connectivity index (χ1n) is 5.58. The number of hydrogen-bond donors (Lipinski definition) is 1. The van der Waals surface area contributed by atoms with Crippen LogP contribution in [0.2, 0.25) is 0 Å². The molecule has 1 unspecified atom stereocenters. The van der Waals surface area contributed by atoms with Crippen molar-refractivity contribution in [3.05, 3.63) is 35.9 Å². The van der Waals surface area contributed by atoms with Gasteiger partial charge in [-0.2, -0.15) is 0 Å². The third-order valence-corrected chi connectivity index (χ3v) is 3.47. The van der Waals surface area contributed by atoms with Crippen LogP contribution in [0.1, 0.15) is 19.4 Å². The summed E-state index contributed by atoms with van der Waals surface area (Å²) in [5.74, 6) is 0.727. The first-order chi connectivity index (χ1) is 7.52. The molecule has 0 saturated heterocycles. The molecule has 3 heteroatoms. The van der Waals surface area contributed by atoms with Crippen LogP contribution in [0, 0.1) is 0 Å². The second kappa shape index (κ2) is 6.16. The molecule has 0 spiro atoms. The van der Waals surface area contributed by atoms with Crippen molar-refractivity contribution in [3.63, 3.8) is 0 Å². The molecule has 0 aliphatic carbocycles. The van der Waals surface area contributed by atoms with Crippen molar-refractivity contribution in [2.24, 2.45) is 0 Å². The average molecular weight is 239 g/mol. The summed E-state index contributed by atoms with van der Waals surface area (Å²) in [5.41, 5.74) is 1.45. The lowest BCUT2D eigenvalue weighted by Gasteiger charge is -2.25. The van der Waals surface area contributed by atoms with Crippen molar-refractivity contribution in [1.29, 1.82) is 0 Å². The number of rotatable bonds is 6. The minimum absolute atomic E-state index is 0.122. The molecular weight excluding hydrogens is 218 g/mol. The summed E-state index contributed by atoms with van der Waals surface area (Å²) in [6, 6.07) is 10.5. The molecular formula is C13H21NOS. The van der Waals surface area contributed by atoms with Crippen LogP contribution in [-0.4, -0.2) is 29.3 Å². The van der Waals surface area contributed by atoms with E-state index in [2.05, 4.69) is 43.4 Å². The zero-order chi connectivity index (χ0) is 12.0. The SMILES string of the molecule is CS(=O)CCNCC(C)(C)c1ccccc1. The van der Waals surface area contributed by atoms with E-state index >= 15 is 0 Å². The van der Waals surface area contributed by atoms with Crippen LogP contribution in [0.4, 0.5) is 0 Å². The van der Waals surface area contributed by atoms with Crippen molar-refractivity contribution in [2.45, 2.75) is 19.3 Å². The lowest BCUT2D eigenvalue weighted by atomic mass is 9.85. The molecule has 0 aromatic heterocycles. The van der Waals surface area contributed by atoms with Crippen LogP contribution in [0.15, 0.2) is 30.3 Å². The Morgan fingerprint density at radius 2 is 1.88 bits per heavy atom. The molecule has 0 fully saturated rings. The summed E-state index contributed by atoms with van der Waals surface area (Å²) in [5, 5.41) is 3.36. The van der Waals surface area contributed by atoms with Gasteiger partial charge in [-0.1, -0.05) is 44.2 Å². The predicted octanol–water partition coefficient (Wildman–Crippen LogP) is 1.93. The fraction of sp³-hybridized carbons (Fsp3) is 0.538. The Balaban J connectivity index is 2.43. The van der Waals surface area contributed by atoms with Gasteiger partial charge in [0.2, 0.25) is 0 Å². The van der Waals surface area contributed by atoms with Gasteiger partial charge >= 0.3 is 0 Å². The quantitative estimate of drug-likeness (QED) is 0.769. The fourth-order valence-electron chi connectivity index (χ4n) is 1.61. The van der Waals surface area contributed by atoms with Crippen molar-refractivity contribution in [1.82, 2.24) is 5.32 Å². The molecule has 2 nitrogen and oxygen atoms in total. The van der Waals surface area contributed by atoms with E-state index in [0.717, 1.165) is 18.8 Å². The van der Waals surface area contributed by atoms with Gasteiger partial charge in [-0.05, 0) is 5.56 Å². The second-order valence-corrected chi connectivity index (χ2v) is 6.26. The predicted molar refractivity (Wildman–Crippen MR) is 71.3 cm³/mol. The molecule has 90 valence electrons. The number of hydrogen-bond acceptors (Lipinski definition) is 2. The molecule has 0 heterocycles. The van der Waals surface area contributed by atoms with Gasteiger partial charge in [-0.25, -0.2) is 0 Å². The maximum Gasteiger partial charge on any atom is 0.0357 e. The van der Waals surface area contributed by atoms with Gasteiger partial charge in [0.1, 0.15) is 0 Å². The van der Waals surface area contributed by atoms with E-state index in [0.29, 0.717) is 0 Å². The summed E-state index contributed by atoms with van der Waals surface area (Å²) in [6.45, 7) is 6.17. The highest BCUT2D eigenvalue weighted by Gasteiger charge is 2.19. The standard InChI is InChI=1S/C13H21NOS/c1-13(2,11-14-9-10-16(3)15)12-7-5-4-6-8-12/h4-8,14H,9-11H2,1-3H3. The Hall–Kier alpha value is -0.670. The zero-order valence-corrected chi connectivity index (χ0v) is 11.1. The molecule has 1 N–H and O–H groups in total. The van der Waals surface area contributed by atoms with Gasteiger partial charge in [-0.3, -0.25) is 4.21 Å². The van der Waals surface area contributed by atoms with Crippen LogP contribution < -0.4 is 5.32 Å². The largest absolute Gasteiger partial charge is 0.315 e. The zero-order valence-electron chi connectivity index (χ0n) is 10.3. The summed E-state index contributed by atoms with van der Waals surface area (Å²) in [7, 11) is -0.701. The lowest BCUT2D eigenvalue weighted by Crippen LogP contribution is -2.34. The molecule has 1 aromatic carbocycles.